The number of hydrogen-bond acceptors (Lipinski definition) is 7. The van der Waals surface area contributed by atoms with Crippen LogP contribution in [0, 0.1) is 0 Å². The maximum Gasteiger partial charge on any atom is 0.323 e. The Bertz CT molecular complexity index is 460. The van der Waals surface area contributed by atoms with Gasteiger partial charge in [-0.3, -0.25) is 24.0 Å². The molecule has 2 aliphatic heterocycles. The van der Waals surface area contributed by atoms with Gasteiger partial charge in [0.05, 0.1) is 26.8 Å². The van der Waals surface area contributed by atoms with Crippen LogP contribution in [-0.4, -0.2) is 78.6 Å². The van der Waals surface area contributed by atoms with Crippen LogP contribution in [0.1, 0.15) is 25.7 Å². The monoisotopic (exact) mass is 348 g/mol. The minimum Gasteiger partial charge on any atom is -0.468 e. The fraction of sp³-hybridized carbons (Fsp3) is 0.857. The van der Waals surface area contributed by atoms with Gasteiger partial charge >= 0.3 is 11.9 Å². The number of esters is 2. The predicted octanol–water partition coefficient (Wildman–Crippen LogP) is 0.447. The Hall–Kier alpha value is -0.950. The molecule has 1 N–H and O–H groups in total. The fourth-order valence-electron chi connectivity index (χ4n) is 3.41. The molecule has 0 aromatic carbocycles. The minimum atomic E-state index is -3.53. The highest BCUT2D eigenvalue weighted by Crippen LogP contribution is 2.45. The molecule has 9 heteroatoms. The van der Waals surface area contributed by atoms with Crippen LogP contribution in [0.25, 0.3) is 0 Å². The van der Waals surface area contributed by atoms with E-state index in [0.29, 0.717) is 25.9 Å². The average Bonchev–Trinajstić information content (AvgIpc) is 3.14. The van der Waals surface area contributed by atoms with Gasteiger partial charge in [0.15, 0.2) is 0 Å². The van der Waals surface area contributed by atoms with E-state index in [1.807, 2.05) is 0 Å². The van der Waals surface area contributed by atoms with Gasteiger partial charge in [-0.15, -0.1) is 0 Å². The Labute approximate surface area is 136 Å². The van der Waals surface area contributed by atoms with Crippen LogP contribution in [0.3, 0.4) is 0 Å². The number of carbonyl (C=O) groups is 2. The van der Waals surface area contributed by atoms with E-state index in [2.05, 4.69) is 0 Å². The molecular formula is C14H25N2O6P. The summed E-state index contributed by atoms with van der Waals surface area (Å²) in [4.78, 5) is 37.2. The Kier molecular flexibility index (Phi) is 6.19. The summed E-state index contributed by atoms with van der Waals surface area (Å²) in [5, 5.41) is 0. The molecule has 0 radical (unpaired) electrons. The van der Waals surface area contributed by atoms with Crippen LogP contribution in [0.4, 0.5) is 0 Å². The Morgan fingerprint density at radius 1 is 1.00 bits per heavy atom. The van der Waals surface area contributed by atoms with Gasteiger partial charge in [0.25, 0.3) is 0 Å². The first-order valence-electron chi connectivity index (χ1n) is 7.82. The first-order valence-corrected chi connectivity index (χ1v) is 9.85. The van der Waals surface area contributed by atoms with Crippen LogP contribution in [0.5, 0.6) is 0 Å². The van der Waals surface area contributed by atoms with Crippen LogP contribution < -0.4 is 0 Å². The second kappa shape index (κ2) is 7.75. The number of likely N-dealkylation sites (tertiary alicyclic amines) is 2. The quantitative estimate of drug-likeness (QED) is 0.546. The van der Waals surface area contributed by atoms with Crippen molar-refractivity contribution in [1.82, 2.24) is 9.80 Å². The lowest BCUT2D eigenvalue weighted by Gasteiger charge is -2.29. The highest BCUT2D eigenvalue weighted by molar-refractivity contribution is 7.57. The molecule has 8 nitrogen and oxygen atoms in total. The molecule has 0 saturated carbocycles. The molecule has 0 aromatic heterocycles. The van der Waals surface area contributed by atoms with Crippen LogP contribution >= 0.6 is 7.37 Å². The lowest BCUT2D eigenvalue weighted by atomic mass is 10.2. The summed E-state index contributed by atoms with van der Waals surface area (Å²) in [6.07, 6.45) is 2.76. The molecule has 23 heavy (non-hydrogen) atoms. The second-order valence-electron chi connectivity index (χ2n) is 6.12. The van der Waals surface area contributed by atoms with Crippen molar-refractivity contribution in [2.24, 2.45) is 0 Å². The first-order chi connectivity index (χ1) is 10.9. The fourth-order valence-corrected chi connectivity index (χ4v) is 5.31. The normalized spacial score (nSPS) is 28.5. The molecule has 1 unspecified atom stereocenters. The number of carbonyl (C=O) groups excluding carboxylic acids is 2. The summed E-state index contributed by atoms with van der Waals surface area (Å²) >= 11 is 0. The van der Waals surface area contributed by atoms with Crippen LogP contribution in [0.2, 0.25) is 0 Å². The molecule has 2 aliphatic rings. The van der Waals surface area contributed by atoms with Gasteiger partial charge in [-0.25, -0.2) is 0 Å². The summed E-state index contributed by atoms with van der Waals surface area (Å²) in [6.45, 7) is 1.20. The van der Waals surface area contributed by atoms with Crippen molar-refractivity contribution >= 4 is 19.3 Å². The van der Waals surface area contributed by atoms with Gasteiger partial charge in [-0.05, 0) is 38.8 Å². The maximum atomic E-state index is 12.6. The maximum absolute atomic E-state index is 12.6. The third kappa shape index (κ3) is 4.53. The Morgan fingerprint density at radius 3 is 1.74 bits per heavy atom. The van der Waals surface area contributed by atoms with Gasteiger partial charge in [0.2, 0.25) is 7.37 Å². The van der Waals surface area contributed by atoms with Gasteiger partial charge in [-0.2, -0.15) is 0 Å². The molecule has 0 aromatic rings. The second-order valence-corrected chi connectivity index (χ2v) is 8.37. The van der Waals surface area contributed by atoms with E-state index < -0.39 is 19.5 Å². The minimum absolute atomic E-state index is 0.0584. The lowest BCUT2D eigenvalue weighted by molar-refractivity contribution is -0.146. The Morgan fingerprint density at radius 2 is 1.39 bits per heavy atom. The van der Waals surface area contributed by atoms with Crippen molar-refractivity contribution < 1.29 is 28.5 Å². The molecule has 132 valence electrons. The van der Waals surface area contributed by atoms with Crippen molar-refractivity contribution in [2.75, 3.05) is 39.9 Å². The molecule has 2 heterocycles. The number of nitrogens with zero attached hydrogens (tertiary/aromatic N) is 2. The van der Waals surface area contributed by atoms with E-state index in [1.165, 1.54) is 14.2 Å². The van der Waals surface area contributed by atoms with Gasteiger partial charge in [0, 0.05) is 0 Å². The van der Waals surface area contributed by atoms with E-state index in [9.17, 15) is 19.0 Å². The SMILES string of the molecule is COC(=O)[C@H]1CCCN1CP(=O)(O)CN1CCC[C@H]1C(=O)OC. The zero-order valence-electron chi connectivity index (χ0n) is 13.6. The van der Waals surface area contributed by atoms with E-state index in [-0.39, 0.29) is 24.5 Å². The standard InChI is InChI=1S/C14H25N2O6P/c1-21-13(17)11-5-3-7-15(11)9-23(19,20)10-16-8-4-6-12(16)14(18)22-2/h11-12H,3-10H2,1-2H3,(H,19,20)/t11-,12+. The van der Waals surface area contributed by atoms with E-state index in [0.717, 1.165) is 12.8 Å². The number of hydrogen-bond donors (Lipinski definition) is 1. The molecule has 3 atom stereocenters. The van der Waals surface area contributed by atoms with Crippen LogP contribution in [0.15, 0.2) is 0 Å². The molecule has 0 aliphatic carbocycles. The molecule has 0 spiro atoms. The third-order valence-corrected chi connectivity index (χ3v) is 6.09. The number of ether oxygens (including phenoxy) is 2. The third-order valence-electron chi connectivity index (χ3n) is 4.48. The van der Waals surface area contributed by atoms with Crippen LogP contribution in [-0.2, 0) is 23.6 Å². The number of rotatable bonds is 6. The van der Waals surface area contributed by atoms with E-state index >= 15 is 0 Å². The van der Waals surface area contributed by atoms with E-state index in [1.54, 1.807) is 9.80 Å². The van der Waals surface area contributed by atoms with Gasteiger partial charge in [0.1, 0.15) is 12.1 Å². The topological polar surface area (TPSA) is 96.4 Å². The summed E-state index contributed by atoms with van der Waals surface area (Å²) in [5.41, 5.74) is 0. The Balaban J connectivity index is 1.97. The molecular weight excluding hydrogens is 323 g/mol. The average molecular weight is 348 g/mol. The van der Waals surface area contributed by atoms with Gasteiger partial charge < -0.3 is 14.4 Å². The summed E-state index contributed by atoms with van der Waals surface area (Å²) in [5.74, 6) is -0.729. The van der Waals surface area contributed by atoms with Crippen molar-refractivity contribution in [3.63, 3.8) is 0 Å². The summed E-state index contributed by atoms with van der Waals surface area (Å²) in [7, 11) is -0.886. The van der Waals surface area contributed by atoms with Crippen molar-refractivity contribution in [1.29, 1.82) is 0 Å². The predicted molar refractivity (Wildman–Crippen MR) is 83.0 cm³/mol. The number of methoxy groups -OCH3 is 2. The van der Waals surface area contributed by atoms with Crippen molar-refractivity contribution in [2.45, 2.75) is 37.8 Å². The zero-order valence-corrected chi connectivity index (χ0v) is 14.5. The molecule has 2 fully saturated rings. The molecule has 2 saturated heterocycles. The highest BCUT2D eigenvalue weighted by Gasteiger charge is 2.39. The zero-order chi connectivity index (χ0) is 17.0. The molecule has 0 amide bonds. The summed E-state index contributed by atoms with van der Waals surface area (Å²) < 4.78 is 22.1. The van der Waals surface area contributed by atoms with Crippen molar-refractivity contribution in [3.8, 4) is 0 Å². The van der Waals surface area contributed by atoms with Crippen molar-refractivity contribution in [3.05, 3.63) is 0 Å². The van der Waals surface area contributed by atoms with E-state index in [4.69, 9.17) is 9.47 Å². The van der Waals surface area contributed by atoms with Gasteiger partial charge in [-0.1, -0.05) is 0 Å². The largest absolute Gasteiger partial charge is 0.468 e. The molecule has 2 rings (SSSR count). The smallest absolute Gasteiger partial charge is 0.323 e. The molecule has 0 bridgehead atoms. The first kappa shape index (κ1) is 18.4. The lowest BCUT2D eigenvalue weighted by Crippen LogP contribution is -2.40. The highest BCUT2D eigenvalue weighted by atomic mass is 31.2. The summed E-state index contributed by atoms with van der Waals surface area (Å²) in [6, 6.07) is -0.897.